The number of anilines is 1. The fourth-order valence-corrected chi connectivity index (χ4v) is 2.58. The van der Waals surface area contributed by atoms with Crippen molar-refractivity contribution in [1.29, 1.82) is 0 Å². The molecule has 2 heterocycles. The third-order valence-corrected chi connectivity index (χ3v) is 3.54. The molecule has 98 valence electrons. The van der Waals surface area contributed by atoms with E-state index in [0.29, 0.717) is 23.0 Å². The molecule has 1 aromatic heterocycles. The molecule has 0 aromatic carbocycles. The van der Waals surface area contributed by atoms with Crippen LogP contribution in [0.1, 0.15) is 23.2 Å². The quantitative estimate of drug-likeness (QED) is 0.853. The van der Waals surface area contributed by atoms with Gasteiger partial charge in [0.1, 0.15) is 5.82 Å². The maximum Gasteiger partial charge on any atom is 0.250 e. The maximum absolute atomic E-state index is 11.0. The molecule has 1 saturated heterocycles. The molecule has 0 spiro atoms. The summed E-state index contributed by atoms with van der Waals surface area (Å²) >= 11 is 6.14. The zero-order valence-electron chi connectivity index (χ0n) is 10.1. The molecule has 4 N–H and O–H groups in total. The summed E-state index contributed by atoms with van der Waals surface area (Å²) < 4.78 is 0. The van der Waals surface area contributed by atoms with Gasteiger partial charge in [-0.2, -0.15) is 0 Å². The van der Waals surface area contributed by atoms with Crippen molar-refractivity contribution in [2.45, 2.75) is 12.8 Å². The van der Waals surface area contributed by atoms with E-state index < -0.39 is 5.91 Å². The summed E-state index contributed by atoms with van der Waals surface area (Å²) in [6, 6.07) is 1.57. The van der Waals surface area contributed by atoms with E-state index in [0.717, 1.165) is 31.7 Å². The van der Waals surface area contributed by atoms with Gasteiger partial charge in [-0.15, -0.1) is 0 Å². The van der Waals surface area contributed by atoms with Gasteiger partial charge in [-0.05, 0) is 31.4 Å². The number of nitrogens with two attached hydrogens (primary N) is 2. The molecule has 6 heteroatoms. The first-order valence-corrected chi connectivity index (χ1v) is 6.40. The van der Waals surface area contributed by atoms with Crippen molar-refractivity contribution in [3.8, 4) is 0 Å². The molecular formula is C12H17ClN4O. The number of aromatic nitrogens is 1. The fourth-order valence-electron chi connectivity index (χ4n) is 2.29. The number of carbonyl (C=O) groups is 1. The second-order valence-corrected chi connectivity index (χ2v) is 4.98. The van der Waals surface area contributed by atoms with Crippen LogP contribution in [0.2, 0.25) is 5.02 Å². The second kappa shape index (κ2) is 5.54. The van der Waals surface area contributed by atoms with E-state index in [1.165, 1.54) is 6.20 Å². The first-order valence-electron chi connectivity index (χ1n) is 6.02. The van der Waals surface area contributed by atoms with Gasteiger partial charge in [0, 0.05) is 19.3 Å². The van der Waals surface area contributed by atoms with Crippen LogP contribution < -0.4 is 16.4 Å². The van der Waals surface area contributed by atoms with Gasteiger partial charge in [-0.1, -0.05) is 11.6 Å². The van der Waals surface area contributed by atoms with Crippen LogP contribution in [0.25, 0.3) is 0 Å². The monoisotopic (exact) mass is 268 g/mol. The molecule has 0 aliphatic carbocycles. The zero-order valence-corrected chi connectivity index (χ0v) is 10.9. The Labute approximate surface area is 111 Å². The predicted octanol–water partition coefficient (Wildman–Crippen LogP) is 1.01. The Kier molecular flexibility index (Phi) is 4.04. The van der Waals surface area contributed by atoms with Crippen LogP contribution in [0.4, 0.5) is 5.82 Å². The Morgan fingerprint density at radius 3 is 3.00 bits per heavy atom. The molecule has 1 fully saturated rings. The van der Waals surface area contributed by atoms with Gasteiger partial charge >= 0.3 is 0 Å². The molecule has 1 aliphatic rings. The summed E-state index contributed by atoms with van der Waals surface area (Å²) in [5, 5.41) is 0.472. The van der Waals surface area contributed by atoms with Crippen molar-refractivity contribution in [3.63, 3.8) is 0 Å². The highest BCUT2D eigenvalue weighted by molar-refractivity contribution is 6.33. The number of pyridine rings is 1. The number of hydrogen-bond donors (Lipinski definition) is 2. The molecule has 1 unspecified atom stereocenters. The summed E-state index contributed by atoms with van der Waals surface area (Å²) in [6.45, 7) is 2.55. The lowest BCUT2D eigenvalue weighted by molar-refractivity contribution is 0.1000. The van der Waals surface area contributed by atoms with Crippen LogP contribution in [0.5, 0.6) is 0 Å². The van der Waals surface area contributed by atoms with Crippen LogP contribution >= 0.6 is 11.6 Å². The van der Waals surface area contributed by atoms with Crippen molar-refractivity contribution >= 4 is 23.3 Å². The Hall–Kier alpha value is -1.33. The highest BCUT2D eigenvalue weighted by Crippen LogP contribution is 2.29. The van der Waals surface area contributed by atoms with Gasteiger partial charge in [-0.3, -0.25) is 4.79 Å². The topological polar surface area (TPSA) is 85.2 Å². The minimum Gasteiger partial charge on any atom is -0.366 e. The Bertz CT molecular complexity index is 452. The summed E-state index contributed by atoms with van der Waals surface area (Å²) in [6.07, 6.45) is 3.60. The number of nitrogens with zero attached hydrogens (tertiary/aromatic N) is 2. The molecule has 2 rings (SSSR count). The van der Waals surface area contributed by atoms with Crippen LogP contribution in [0, 0.1) is 5.92 Å². The van der Waals surface area contributed by atoms with Crippen LogP contribution in [0.3, 0.4) is 0 Å². The minimum atomic E-state index is -0.515. The van der Waals surface area contributed by atoms with E-state index in [1.54, 1.807) is 6.07 Å². The molecule has 0 radical (unpaired) electrons. The summed E-state index contributed by atoms with van der Waals surface area (Å²) in [4.78, 5) is 17.4. The molecular weight excluding hydrogens is 252 g/mol. The first kappa shape index (κ1) is 13.1. The third kappa shape index (κ3) is 2.73. The zero-order chi connectivity index (χ0) is 13.1. The summed E-state index contributed by atoms with van der Waals surface area (Å²) in [5.74, 6) is 0.809. The average Bonchev–Trinajstić information content (AvgIpc) is 2.77. The number of hydrogen-bond acceptors (Lipinski definition) is 4. The van der Waals surface area contributed by atoms with Gasteiger partial charge in [-0.25, -0.2) is 4.98 Å². The SMILES string of the molecule is NCCC1CCN(c2ncc(C(N)=O)cc2Cl)C1. The molecule has 1 aliphatic heterocycles. The van der Waals surface area contributed by atoms with E-state index in [1.807, 2.05) is 0 Å². The van der Waals surface area contributed by atoms with Gasteiger partial charge in [0.25, 0.3) is 0 Å². The lowest BCUT2D eigenvalue weighted by Gasteiger charge is -2.18. The summed E-state index contributed by atoms with van der Waals surface area (Å²) in [5.41, 5.74) is 11.1. The predicted molar refractivity (Wildman–Crippen MR) is 71.8 cm³/mol. The van der Waals surface area contributed by atoms with E-state index >= 15 is 0 Å². The maximum atomic E-state index is 11.0. The molecule has 0 bridgehead atoms. The largest absolute Gasteiger partial charge is 0.366 e. The fraction of sp³-hybridized carbons (Fsp3) is 0.500. The van der Waals surface area contributed by atoms with E-state index in [-0.39, 0.29) is 0 Å². The number of halogens is 1. The second-order valence-electron chi connectivity index (χ2n) is 4.57. The van der Waals surface area contributed by atoms with Crippen molar-refractivity contribution in [1.82, 2.24) is 4.98 Å². The Morgan fingerprint density at radius 1 is 1.61 bits per heavy atom. The van der Waals surface area contributed by atoms with Crippen LogP contribution in [-0.2, 0) is 0 Å². The molecule has 1 atom stereocenters. The van der Waals surface area contributed by atoms with Gasteiger partial charge in [0.2, 0.25) is 5.91 Å². The Balaban J connectivity index is 2.12. The number of rotatable bonds is 4. The van der Waals surface area contributed by atoms with Crippen molar-refractivity contribution < 1.29 is 4.79 Å². The van der Waals surface area contributed by atoms with Crippen molar-refractivity contribution in [2.75, 3.05) is 24.5 Å². The highest BCUT2D eigenvalue weighted by Gasteiger charge is 2.24. The smallest absolute Gasteiger partial charge is 0.250 e. The average molecular weight is 269 g/mol. The van der Waals surface area contributed by atoms with E-state index in [9.17, 15) is 4.79 Å². The van der Waals surface area contributed by atoms with E-state index in [4.69, 9.17) is 23.1 Å². The lowest BCUT2D eigenvalue weighted by atomic mass is 10.1. The lowest BCUT2D eigenvalue weighted by Crippen LogP contribution is -2.22. The number of primary amides is 1. The molecule has 1 aromatic rings. The van der Waals surface area contributed by atoms with Gasteiger partial charge in [0.05, 0.1) is 10.6 Å². The van der Waals surface area contributed by atoms with Crippen molar-refractivity contribution in [2.24, 2.45) is 17.4 Å². The van der Waals surface area contributed by atoms with Crippen LogP contribution in [-0.4, -0.2) is 30.5 Å². The standard InChI is InChI=1S/C12H17ClN4O/c13-10-5-9(11(15)18)6-16-12(10)17-4-2-8(7-17)1-3-14/h5-6,8H,1-4,7,14H2,(H2,15,18). The Morgan fingerprint density at radius 2 is 2.39 bits per heavy atom. The van der Waals surface area contributed by atoms with Crippen LogP contribution in [0.15, 0.2) is 12.3 Å². The van der Waals surface area contributed by atoms with E-state index in [2.05, 4.69) is 9.88 Å². The molecule has 0 saturated carbocycles. The number of amides is 1. The molecule has 1 amide bonds. The molecule has 18 heavy (non-hydrogen) atoms. The first-order chi connectivity index (χ1) is 8.61. The van der Waals surface area contributed by atoms with Crippen molar-refractivity contribution in [3.05, 3.63) is 22.8 Å². The van der Waals surface area contributed by atoms with Gasteiger partial charge < -0.3 is 16.4 Å². The number of carbonyl (C=O) groups excluding carboxylic acids is 1. The normalized spacial score (nSPS) is 19.2. The highest BCUT2D eigenvalue weighted by atomic mass is 35.5. The van der Waals surface area contributed by atoms with Gasteiger partial charge in [0.15, 0.2) is 0 Å². The minimum absolute atomic E-state index is 0.335. The third-order valence-electron chi connectivity index (χ3n) is 3.27. The molecule has 5 nitrogen and oxygen atoms in total. The summed E-state index contributed by atoms with van der Waals surface area (Å²) in [7, 11) is 0.